The molecule has 0 aromatic heterocycles. The number of phenolic OH excluding ortho intramolecular Hbond substituents is 1. The minimum absolute atomic E-state index is 0.220. The molecule has 1 aromatic rings. The molecule has 2 aliphatic rings. The van der Waals surface area contributed by atoms with Gasteiger partial charge < -0.3 is 15.2 Å². The fraction of sp³-hybridized carbons (Fsp3) is 0.647. The Morgan fingerprint density at radius 3 is 2.90 bits per heavy atom. The first-order valence-electron chi connectivity index (χ1n) is 7.93. The Bertz CT molecular complexity index is 516. The molecule has 4 heteroatoms. The van der Waals surface area contributed by atoms with Crippen molar-refractivity contribution in [1.82, 2.24) is 10.2 Å². The first-order valence-corrected chi connectivity index (χ1v) is 7.93. The molecule has 2 heterocycles. The van der Waals surface area contributed by atoms with Crippen molar-refractivity contribution < 1.29 is 9.84 Å². The highest BCUT2D eigenvalue weighted by atomic mass is 16.5. The lowest BCUT2D eigenvalue weighted by atomic mass is 9.85. The van der Waals surface area contributed by atoms with Gasteiger partial charge in [-0.25, -0.2) is 0 Å². The van der Waals surface area contributed by atoms with Gasteiger partial charge in [0.1, 0.15) is 0 Å². The van der Waals surface area contributed by atoms with Crippen molar-refractivity contribution in [3.8, 4) is 11.5 Å². The molecule has 2 unspecified atom stereocenters. The molecule has 2 N–H and O–H groups in total. The second-order valence-corrected chi connectivity index (χ2v) is 6.79. The van der Waals surface area contributed by atoms with Crippen LogP contribution in [0, 0.1) is 11.8 Å². The van der Waals surface area contributed by atoms with Gasteiger partial charge >= 0.3 is 0 Å². The fourth-order valence-electron chi connectivity index (χ4n) is 3.92. The van der Waals surface area contributed by atoms with Gasteiger partial charge in [0, 0.05) is 25.2 Å². The lowest BCUT2D eigenvalue weighted by molar-refractivity contribution is 0.132. The summed E-state index contributed by atoms with van der Waals surface area (Å²) >= 11 is 0. The van der Waals surface area contributed by atoms with Crippen LogP contribution in [0.4, 0.5) is 0 Å². The molecule has 2 saturated heterocycles. The van der Waals surface area contributed by atoms with E-state index in [0.29, 0.717) is 12.4 Å². The molecule has 0 amide bonds. The van der Waals surface area contributed by atoms with Crippen LogP contribution in [0.2, 0.25) is 0 Å². The molecule has 21 heavy (non-hydrogen) atoms. The van der Waals surface area contributed by atoms with Crippen molar-refractivity contribution in [2.24, 2.45) is 11.8 Å². The normalized spacial score (nSPS) is 27.8. The largest absolute Gasteiger partial charge is 0.504 e. The SMILES string of the molecule is CCOc1cc(CN2CC3CNCC3C2(C)C)ccc1O. The third-order valence-electron chi connectivity index (χ3n) is 5.21. The average molecular weight is 290 g/mol. The van der Waals surface area contributed by atoms with E-state index in [1.807, 2.05) is 19.1 Å². The lowest BCUT2D eigenvalue weighted by Crippen LogP contribution is -2.43. The zero-order valence-electron chi connectivity index (χ0n) is 13.2. The van der Waals surface area contributed by atoms with Gasteiger partial charge in [0.05, 0.1) is 6.61 Å². The van der Waals surface area contributed by atoms with Gasteiger partial charge in [0.2, 0.25) is 0 Å². The molecule has 2 fully saturated rings. The number of rotatable bonds is 4. The summed E-state index contributed by atoms with van der Waals surface area (Å²) < 4.78 is 5.49. The maximum Gasteiger partial charge on any atom is 0.161 e. The van der Waals surface area contributed by atoms with Crippen molar-refractivity contribution in [2.45, 2.75) is 32.9 Å². The number of aromatic hydroxyl groups is 1. The summed E-state index contributed by atoms with van der Waals surface area (Å²) in [6.45, 7) is 11.6. The summed E-state index contributed by atoms with van der Waals surface area (Å²) in [6, 6.07) is 5.72. The predicted octanol–water partition coefficient (Wildman–Crippen LogP) is 2.22. The Morgan fingerprint density at radius 1 is 1.38 bits per heavy atom. The van der Waals surface area contributed by atoms with E-state index in [2.05, 4.69) is 24.1 Å². The highest BCUT2D eigenvalue weighted by Gasteiger charge is 2.49. The Kier molecular flexibility index (Phi) is 3.84. The minimum atomic E-state index is 0.220. The van der Waals surface area contributed by atoms with E-state index in [0.717, 1.165) is 38.0 Å². The average Bonchev–Trinajstić information content (AvgIpc) is 2.98. The van der Waals surface area contributed by atoms with Crippen LogP contribution in [0.1, 0.15) is 26.3 Å². The minimum Gasteiger partial charge on any atom is -0.504 e. The number of benzene rings is 1. The molecule has 0 aliphatic carbocycles. The van der Waals surface area contributed by atoms with Crippen LogP contribution in [-0.4, -0.2) is 41.8 Å². The van der Waals surface area contributed by atoms with Gasteiger partial charge in [0.25, 0.3) is 0 Å². The second kappa shape index (κ2) is 5.50. The summed E-state index contributed by atoms with van der Waals surface area (Å²) in [5.74, 6) is 2.32. The van der Waals surface area contributed by atoms with Gasteiger partial charge in [-0.1, -0.05) is 6.07 Å². The second-order valence-electron chi connectivity index (χ2n) is 6.79. The smallest absolute Gasteiger partial charge is 0.161 e. The molecule has 1 aromatic carbocycles. The van der Waals surface area contributed by atoms with E-state index in [4.69, 9.17) is 4.74 Å². The standard InChI is InChI=1S/C17H26N2O2/c1-4-21-16-7-12(5-6-15(16)20)10-19-11-13-8-18-9-14(13)17(19,2)3/h5-7,13-14,18,20H,4,8-11H2,1-3H3. The maximum atomic E-state index is 9.81. The van der Waals surface area contributed by atoms with E-state index in [-0.39, 0.29) is 11.3 Å². The number of hydrogen-bond donors (Lipinski definition) is 2. The van der Waals surface area contributed by atoms with Gasteiger partial charge in [-0.2, -0.15) is 0 Å². The van der Waals surface area contributed by atoms with Crippen LogP contribution in [0.3, 0.4) is 0 Å². The van der Waals surface area contributed by atoms with Crippen molar-refractivity contribution in [1.29, 1.82) is 0 Å². The number of likely N-dealkylation sites (tertiary alicyclic amines) is 1. The topological polar surface area (TPSA) is 44.7 Å². The first kappa shape index (κ1) is 14.7. The molecule has 0 radical (unpaired) electrons. The van der Waals surface area contributed by atoms with Crippen LogP contribution in [0.5, 0.6) is 11.5 Å². The molecule has 4 nitrogen and oxygen atoms in total. The summed E-state index contributed by atoms with van der Waals surface area (Å²) in [7, 11) is 0. The Hall–Kier alpha value is -1.26. The molecule has 2 atom stereocenters. The molecule has 2 aliphatic heterocycles. The molecular formula is C17H26N2O2. The summed E-state index contributed by atoms with van der Waals surface area (Å²) in [4.78, 5) is 2.57. The van der Waals surface area contributed by atoms with E-state index < -0.39 is 0 Å². The van der Waals surface area contributed by atoms with Crippen LogP contribution < -0.4 is 10.1 Å². The number of hydrogen-bond acceptors (Lipinski definition) is 4. The summed E-state index contributed by atoms with van der Waals surface area (Å²) in [5.41, 5.74) is 1.43. The Labute approximate surface area is 127 Å². The van der Waals surface area contributed by atoms with Crippen molar-refractivity contribution >= 4 is 0 Å². The number of phenols is 1. The third-order valence-corrected chi connectivity index (χ3v) is 5.21. The van der Waals surface area contributed by atoms with Gasteiger partial charge in [-0.3, -0.25) is 4.90 Å². The van der Waals surface area contributed by atoms with E-state index in [1.54, 1.807) is 6.07 Å². The quantitative estimate of drug-likeness (QED) is 0.892. The van der Waals surface area contributed by atoms with Crippen molar-refractivity contribution in [2.75, 3.05) is 26.2 Å². The van der Waals surface area contributed by atoms with Crippen LogP contribution in [-0.2, 0) is 6.54 Å². The zero-order valence-corrected chi connectivity index (χ0v) is 13.2. The molecule has 3 rings (SSSR count). The number of nitrogens with one attached hydrogen (secondary N) is 1. The highest BCUT2D eigenvalue weighted by molar-refractivity contribution is 5.41. The van der Waals surface area contributed by atoms with Crippen molar-refractivity contribution in [3.05, 3.63) is 23.8 Å². The van der Waals surface area contributed by atoms with E-state index in [9.17, 15) is 5.11 Å². The number of ether oxygens (including phenoxy) is 1. The van der Waals surface area contributed by atoms with Crippen LogP contribution in [0.25, 0.3) is 0 Å². The predicted molar refractivity (Wildman–Crippen MR) is 83.6 cm³/mol. The number of fused-ring (bicyclic) bond motifs is 1. The Morgan fingerprint density at radius 2 is 2.19 bits per heavy atom. The lowest BCUT2D eigenvalue weighted by Gasteiger charge is -2.35. The molecular weight excluding hydrogens is 264 g/mol. The van der Waals surface area contributed by atoms with Crippen molar-refractivity contribution in [3.63, 3.8) is 0 Å². The molecule has 0 bridgehead atoms. The molecule has 0 spiro atoms. The molecule has 116 valence electrons. The molecule has 0 saturated carbocycles. The van der Waals surface area contributed by atoms with Gasteiger partial charge in [0.15, 0.2) is 11.5 Å². The van der Waals surface area contributed by atoms with Gasteiger partial charge in [-0.05, 0) is 56.8 Å². The summed E-state index contributed by atoms with van der Waals surface area (Å²) in [6.07, 6.45) is 0. The Balaban J connectivity index is 1.76. The zero-order chi connectivity index (χ0) is 15.0. The fourth-order valence-corrected chi connectivity index (χ4v) is 3.92. The van der Waals surface area contributed by atoms with Crippen LogP contribution in [0.15, 0.2) is 18.2 Å². The van der Waals surface area contributed by atoms with E-state index in [1.165, 1.54) is 5.56 Å². The third kappa shape index (κ3) is 2.62. The monoisotopic (exact) mass is 290 g/mol. The number of nitrogens with zero attached hydrogens (tertiary/aromatic N) is 1. The highest BCUT2D eigenvalue weighted by Crippen LogP contribution is 2.41. The maximum absolute atomic E-state index is 9.81. The van der Waals surface area contributed by atoms with E-state index >= 15 is 0 Å². The first-order chi connectivity index (χ1) is 10.0. The summed E-state index contributed by atoms with van der Waals surface area (Å²) in [5, 5.41) is 13.3. The van der Waals surface area contributed by atoms with Gasteiger partial charge in [-0.15, -0.1) is 0 Å². The van der Waals surface area contributed by atoms with Crippen LogP contribution >= 0.6 is 0 Å².